The second kappa shape index (κ2) is 9.76. The second-order valence-corrected chi connectivity index (χ2v) is 7.88. The zero-order chi connectivity index (χ0) is 20.4. The number of aromatic nitrogens is 3. The molecule has 0 radical (unpaired) electrons. The fraction of sp³-hybridized carbons (Fsp3) is 0.524. The standard InChI is InChI=1S/C21H29N7O.HI/c1-15(17-7-5-4-6-8-17)23-21(22-13-19-25-24-16(2)26(19)3)27-11-12-28(18-9-10-18)20(29)14-27;/h4-8,15,18H,9-14H2,1-3H3,(H,22,23);1H. The number of benzene rings is 1. The largest absolute Gasteiger partial charge is 0.350 e. The molecule has 1 amide bonds. The molecule has 0 bridgehead atoms. The minimum absolute atomic E-state index is 0. The summed E-state index contributed by atoms with van der Waals surface area (Å²) in [6.45, 7) is 6.35. The molecule has 0 spiro atoms. The van der Waals surface area contributed by atoms with Crippen molar-refractivity contribution in [3.8, 4) is 0 Å². The fourth-order valence-corrected chi connectivity index (χ4v) is 3.63. The van der Waals surface area contributed by atoms with Crippen LogP contribution in [0.3, 0.4) is 0 Å². The number of rotatable bonds is 5. The van der Waals surface area contributed by atoms with Gasteiger partial charge in [-0.15, -0.1) is 34.2 Å². The smallest absolute Gasteiger partial charge is 0.242 e. The Morgan fingerprint density at radius 3 is 2.57 bits per heavy atom. The van der Waals surface area contributed by atoms with Gasteiger partial charge in [0.1, 0.15) is 12.4 Å². The number of amides is 1. The van der Waals surface area contributed by atoms with Crippen molar-refractivity contribution >= 4 is 35.8 Å². The van der Waals surface area contributed by atoms with Crippen molar-refractivity contribution in [1.29, 1.82) is 0 Å². The Bertz CT molecular complexity index is 894. The maximum absolute atomic E-state index is 12.7. The first-order chi connectivity index (χ1) is 14.0. The quantitative estimate of drug-likeness (QED) is 0.370. The Hall–Kier alpha value is -2.17. The molecule has 8 nitrogen and oxygen atoms in total. The van der Waals surface area contributed by atoms with E-state index in [0.717, 1.165) is 43.5 Å². The molecule has 1 saturated heterocycles. The van der Waals surface area contributed by atoms with Crippen LogP contribution in [0.1, 0.15) is 43.0 Å². The number of nitrogens with zero attached hydrogens (tertiary/aromatic N) is 6. The van der Waals surface area contributed by atoms with Gasteiger partial charge in [-0.3, -0.25) is 4.79 Å². The Morgan fingerprint density at radius 1 is 1.23 bits per heavy atom. The van der Waals surface area contributed by atoms with Crippen molar-refractivity contribution in [3.63, 3.8) is 0 Å². The van der Waals surface area contributed by atoms with Crippen molar-refractivity contribution in [3.05, 3.63) is 47.5 Å². The third-order valence-corrected chi connectivity index (χ3v) is 5.74. The molecule has 162 valence electrons. The van der Waals surface area contributed by atoms with Crippen molar-refractivity contribution in [2.45, 2.75) is 45.3 Å². The number of hydrogen-bond donors (Lipinski definition) is 1. The number of halogens is 1. The number of hydrogen-bond acceptors (Lipinski definition) is 4. The predicted octanol–water partition coefficient (Wildman–Crippen LogP) is 2.25. The first-order valence-electron chi connectivity index (χ1n) is 10.3. The summed E-state index contributed by atoms with van der Waals surface area (Å²) < 4.78 is 1.94. The molecule has 1 aromatic heterocycles. The zero-order valence-corrected chi connectivity index (χ0v) is 20.1. The molecule has 1 saturated carbocycles. The Labute approximate surface area is 194 Å². The lowest BCUT2D eigenvalue weighted by Crippen LogP contribution is -2.56. The van der Waals surface area contributed by atoms with Crippen LogP contribution in [0.15, 0.2) is 35.3 Å². The summed E-state index contributed by atoms with van der Waals surface area (Å²) >= 11 is 0. The van der Waals surface area contributed by atoms with Crippen LogP contribution in [0.5, 0.6) is 0 Å². The highest BCUT2D eigenvalue weighted by atomic mass is 127. The topological polar surface area (TPSA) is 78.7 Å². The number of carbonyl (C=O) groups is 1. The van der Waals surface area contributed by atoms with Crippen LogP contribution in [0.4, 0.5) is 0 Å². The number of nitrogens with one attached hydrogen (secondary N) is 1. The van der Waals surface area contributed by atoms with Crippen LogP contribution in [-0.2, 0) is 18.4 Å². The molecule has 4 rings (SSSR count). The van der Waals surface area contributed by atoms with E-state index < -0.39 is 0 Å². The third-order valence-electron chi connectivity index (χ3n) is 5.74. The Morgan fingerprint density at radius 2 is 1.97 bits per heavy atom. The van der Waals surface area contributed by atoms with Gasteiger partial charge in [0, 0.05) is 26.2 Å². The molecule has 9 heteroatoms. The van der Waals surface area contributed by atoms with Crippen molar-refractivity contribution in [1.82, 2.24) is 29.9 Å². The average Bonchev–Trinajstić information content (AvgIpc) is 3.52. The number of carbonyl (C=O) groups excluding carboxylic acids is 1. The van der Waals surface area contributed by atoms with Crippen LogP contribution in [-0.4, -0.2) is 62.1 Å². The first-order valence-corrected chi connectivity index (χ1v) is 10.3. The molecular weight excluding hydrogens is 493 g/mol. The van der Waals surface area contributed by atoms with E-state index in [1.807, 2.05) is 41.6 Å². The SMILES string of the molecule is Cc1nnc(CN=C(NC(C)c2ccccc2)N2CCN(C3CC3)C(=O)C2)n1C.I. The van der Waals surface area contributed by atoms with Crippen LogP contribution >= 0.6 is 24.0 Å². The van der Waals surface area contributed by atoms with Gasteiger partial charge in [0.05, 0.1) is 12.6 Å². The van der Waals surface area contributed by atoms with Crippen molar-refractivity contribution in [2.24, 2.45) is 12.0 Å². The van der Waals surface area contributed by atoms with Gasteiger partial charge in [-0.25, -0.2) is 4.99 Å². The van der Waals surface area contributed by atoms with Crippen LogP contribution in [0, 0.1) is 6.92 Å². The number of piperazine rings is 1. The summed E-state index contributed by atoms with van der Waals surface area (Å²) in [6, 6.07) is 10.8. The summed E-state index contributed by atoms with van der Waals surface area (Å²) in [6.07, 6.45) is 2.28. The van der Waals surface area contributed by atoms with Crippen LogP contribution < -0.4 is 5.32 Å². The molecule has 1 aliphatic heterocycles. The van der Waals surface area contributed by atoms with E-state index in [9.17, 15) is 4.79 Å². The molecular formula is C21H30IN7O. The lowest BCUT2D eigenvalue weighted by atomic mass is 10.1. The highest BCUT2D eigenvalue weighted by Crippen LogP contribution is 2.28. The summed E-state index contributed by atoms with van der Waals surface area (Å²) in [4.78, 5) is 21.6. The van der Waals surface area contributed by atoms with Gasteiger partial charge in [0.15, 0.2) is 11.8 Å². The maximum Gasteiger partial charge on any atom is 0.242 e. The number of guanidine groups is 1. The van der Waals surface area contributed by atoms with E-state index in [0.29, 0.717) is 19.1 Å². The van der Waals surface area contributed by atoms with Gasteiger partial charge in [0.2, 0.25) is 5.91 Å². The highest BCUT2D eigenvalue weighted by molar-refractivity contribution is 14.0. The van der Waals surface area contributed by atoms with E-state index in [2.05, 4.69) is 39.5 Å². The first kappa shape index (κ1) is 22.5. The van der Waals surface area contributed by atoms with E-state index >= 15 is 0 Å². The minimum Gasteiger partial charge on any atom is -0.350 e. The lowest BCUT2D eigenvalue weighted by Gasteiger charge is -2.37. The number of aryl methyl sites for hydroxylation is 1. The second-order valence-electron chi connectivity index (χ2n) is 7.88. The molecule has 30 heavy (non-hydrogen) atoms. The van der Waals surface area contributed by atoms with Gasteiger partial charge >= 0.3 is 0 Å². The molecule has 1 N–H and O–H groups in total. The average molecular weight is 523 g/mol. The maximum atomic E-state index is 12.7. The molecule has 1 atom stereocenters. The monoisotopic (exact) mass is 523 g/mol. The van der Waals surface area contributed by atoms with Crippen molar-refractivity contribution in [2.75, 3.05) is 19.6 Å². The number of aliphatic imine (C=N–C) groups is 1. The molecule has 2 aromatic rings. The molecule has 1 unspecified atom stereocenters. The minimum atomic E-state index is 0. The van der Waals surface area contributed by atoms with E-state index in [1.54, 1.807) is 0 Å². The summed E-state index contributed by atoms with van der Waals surface area (Å²) in [5.74, 6) is 2.59. The third kappa shape index (κ3) is 5.11. The fourth-order valence-electron chi connectivity index (χ4n) is 3.63. The normalized spacial score (nSPS) is 18.2. The van der Waals surface area contributed by atoms with Gasteiger partial charge in [0.25, 0.3) is 0 Å². The predicted molar refractivity (Wildman–Crippen MR) is 127 cm³/mol. The molecule has 1 aromatic carbocycles. The highest BCUT2D eigenvalue weighted by Gasteiger charge is 2.36. The Balaban J connectivity index is 0.00000256. The van der Waals surface area contributed by atoms with Gasteiger partial charge in [-0.05, 0) is 32.3 Å². The zero-order valence-electron chi connectivity index (χ0n) is 17.8. The molecule has 2 aliphatic rings. The van der Waals surface area contributed by atoms with Gasteiger partial charge in [-0.1, -0.05) is 30.3 Å². The van der Waals surface area contributed by atoms with Crippen LogP contribution in [0.2, 0.25) is 0 Å². The van der Waals surface area contributed by atoms with Crippen molar-refractivity contribution < 1.29 is 4.79 Å². The molecule has 1 aliphatic carbocycles. The Kier molecular flexibility index (Phi) is 7.32. The van der Waals surface area contributed by atoms with Gasteiger partial charge < -0.3 is 19.7 Å². The van der Waals surface area contributed by atoms with E-state index in [-0.39, 0.29) is 35.9 Å². The molecule has 2 fully saturated rings. The summed E-state index contributed by atoms with van der Waals surface area (Å²) in [5, 5.41) is 11.9. The summed E-state index contributed by atoms with van der Waals surface area (Å²) in [5.41, 5.74) is 1.18. The summed E-state index contributed by atoms with van der Waals surface area (Å²) in [7, 11) is 1.94. The van der Waals surface area contributed by atoms with E-state index in [1.165, 1.54) is 5.56 Å². The van der Waals surface area contributed by atoms with Crippen LogP contribution in [0.25, 0.3) is 0 Å². The van der Waals surface area contributed by atoms with Gasteiger partial charge in [-0.2, -0.15) is 0 Å². The van der Waals surface area contributed by atoms with E-state index in [4.69, 9.17) is 4.99 Å². The lowest BCUT2D eigenvalue weighted by molar-refractivity contribution is -0.135. The molecule has 2 heterocycles.